The largest absolute Gasteiger partial charge is 0.399 e. The highest BCUT2D eigenvalue weighted by molar-refractivity contribution is 6.09. The highest BCUT2D eigenvalue weighted by Crippen LogP contribution is 2.16. The fourth-order valence-electron chi connectivity index (χ4n) is 2.07. The summed E-state index contributed by atoms with van der Waals surface area (Å²) >= 11 is 0. The number of carbonyl (C=O) groups is 1. The lowest BCUT2D eigenvalue weighted by atomic mass is 10.1. The number of carbonyl (C=O) groups excluding carboxylic acids is 1. The zero-order valence-corrected chi connectivity index (χ0v) is 9.71. The Morgan fingerprint density at radius 3 is 2.72 bits per heavy atom. The van der Waals surface area contributed by atoms with Crippen molar-refractivity contribution in [3.05, 3.63) is 72.1 Å². The third kappa shape index (κ3) is 1.66. The topological polar surface area (TPSA) is 47.5 Å². The highest BCUT2D eigenvalue weighted by Gasteiger charge is 2.12. The first kappa shape index (κ1) is 10.6. The van der Waals surface area contributed by atoms with E-state index in [-0.39, 0.29) is 5.78 Å². The monoisotopic (exact) mass is 236 g/mol. The zero-order chi connectivity index (χ0) is 12.5. The molecule has 0 aliphatic rings. The average molecular weight is 236 g/mol. The Morgan fingerprint density at radius 1 is 1.00 bits per heavy atom. The maximum atomic E-state index is 12.4. The van der Waals surface area contributed by atoms with E-state index >= 15 is 0 Å². The standard InChI is InChI=1S/C15H12N2O/c16-12-5-3-4-11(10-12)15(18)14-8-7-13-6-1-2-9-17(13)14/h1-10H,16H2. The number of pyridine rings is 1. The summed E-state index contributed by atoms with van der Waals surface area (Å²) in [5, 5.41) is 0. The van der Waals surface area contributed by atoms with E-state index in [2.05, 4.69) is 0 Å². The minimum absolute atomic E-state index is 0.0199. The number of nitrogen functional groups attached to an aromatic ring is 1. The van der Waals surface area contributed by atoms with Crippen LogP contribution in [0.4, 0.5) is 5.69 Å². The second kappa shape index (κ2) is 4.04. The first-order valence-electron chi connectivity index (χ1n) is 5.72. The third-order valence-corrected chi connectivity index (χ3v) is 2.94. The minimum atomic E-state index is -0.0199. The van der Waals surface area contributed by atoms with E-state index in [1.807, 2.05) is 40.9 Å². The van der Waals surface area contributed by atoms with Crippen molar-refractivity contribution in [1.29, 1.82) is 0 Å². The lowest BCUT2D eigenvalue weighted by Crippen LogP contribution is -2.05. The molecular weight excluding hydrogens is 224 g/mol. The van der Waals surface area contributed by atoms with E-state index < -0.39 is 0 Å². The molecule has 3 heteroatoms. The van der Waals surface area contributed by atoms with E-state index in [1.165, 1.54) is 0 Å². The van der Waals surface area contributed by atoms with Crippen LogP contribution in [0.1, 0.15) is 16.1 Å². The molecule has 0 unspecified atom stereocenters. The molecule has 3 nitrogen and oxygen atoms in total. The molecule has 1 aromatic carbocycles. The SMILES string of the molecule is Nc1cccc(C(=O)c2ccc3ccccn23)c1. The zero-order valence-electron chi connectivity index (χ0n) is 9.71. The molecule has 0 amide bonds. The Kier molecular flexibility index (Phi) is 2.38. The molecule has 0 aliphatic heterocycles. The van der Waals surface area contributed by atoms with Gasteiger partial charge in [-0.3, -0.25) is 4.79 Å². The van der Waals surface area contributed by atoms with Gasteiger partial charge in [-0.1, -0.05) is 18.2 Å². The van der Waals surface area contributed by atoms with E-state index in [1.54, 1.807) is 24.3 Å². The van der Waals surface area contributed by atoms with Gasteiger partial charge in [-0.25, -0.2) is 0 Å². The van der Waals surface area contributed by atoms with Crippen molar-refractivity contribution in [2.75, 3.05) is 5.73 Å². The van der Waals surface area contributed by atoms with Crippen molar-refractivity contribution < 1.29 is 4.79 Å². The Hall–Kier alpha value is -2.55. The third-order valence-electron chi connectivity index (χ3n) is 2.94. The number of benzene rings is 1. The lowest BCUT2D eigenvalue weighted by molar-refractivity contribution is 0.103. The molecule has 0 saturated heterocycles. The van der Waals surface area contributed by atoms with Gasteiger partial charge in [0, 0.05) is 23.0 Å². The number of ketones is 1. The lowest BCUT2D eigenvalue weighted by Gasteiger charge is -2.03. The summed E-state index contributed by atoms with van der Waals surface area (Å²) in [4.78, 5) is 12.4. The number of nitrogens with zero attached hydrogens (tertiary/aromatic N) is 1. The van der Waals surface area contributed by atoms with Crippen LogP contribution in [0.5, 0.6) is 0 Å². The van der Waals surface area contributed by atoms with E-state index in [0.717, 1.165) is 5.52 Å². The second-order valence-corrected chi connectivity index (χ2v) is 4.17. The predicted molar refractivity (Wildman–Crippen MR) is 71.7 cm³/mol. The summed E-state index contributed by atoms with van der Waals surface area (Å²) < 4.78 is 1.88. The van der Waals surface area contributed by atoms with Crippen LogP contribution in [0.3, 0.4) is 0 Å². The van der Waals surface area contributed by atoms with Gasteiger partial charge in [-0.15, -0.1) is 0 Å². The molecule has 0 spiro atoms. The molecule has 88 valence electrons. The molecule has 0 bridgehead atoms. The number of hydrogen-bond donors (Lipinski definition) is 1. The molecule has 0 radical (unpaired) electrons. The normalized spacial score (nSPS) is 10.7. The van der Waals surface area contributed by atoms with E-state index in [4.69, 9.17) is 5.73 Å². The number of hydrogen-bond acceptors (Lipinski definition) is 2. The Bertz CT molecular complexity index is 728. The quantitative estimate of drug-likeness (QED) is 0.549. The summed E-state index contributed by atoms with van der Waals surface area (Å²) in [7, 11) is 0. The number of anilines is 1. The van der Waals surface area contributed by atoms with Crippen LogP contribution < -0.4 is 5.73 Å². The maximum Gasteiger partial charge on any atom is 0.209 e. The summed E-state index contributed by atoms with van der Waals surface area (Å²) in [5.74, 6) is -0.0199. The fraction of sp³-hybridized carbons (Fsp3) is 0. The van der Waals surface area contributed by atoms with Crippen LogP contribution in [-0.2, 0) is 0 Å². The van der Waals surface area contributed by atoms with Gasteiger partial charge in [0.1, 0.15) is 0 Å². The van der Waals surface area contributed by atoms with Crippen molar-refractivity contribution in [3.63, 3.8) is 0 Å². The summed E-state index contributed by atoms with van der Waals surface area (Å²) in [5.41, 5.74) is 8.57. The second-order valence-electron chi connectivity index (χ2n) is 4.17. The first-order chi connectivity index (χ1) is 8.75. The number of rotatable bonds is 2. The van der Waals surface area contributed by atoms with Crippen molar-refractivity contribution in [2.45, 2.75) is 0 Å². The maximum absolute atomic E-state index is 12.4. The molecule has 0 saturated carbocycles. The number of aromatic nitrogens is 1. The van der Waals surface area contributed by atoms with Crippen molar-refractivity contribution in [2.24, 2.45) is 0 Å². The van der Waals surface area contributed by atoms with Crippen LogP contribution in [0.15, 0.2) is 60.8 Å². The highest BCUT2D eigenvalue weighted by atomic mass is 16.1. The molecule has 3 aromatic rings. The van der Waals surface area contributed by atoms with Gasteiger partial charge < -0.3 is 10.1 Å². The average Bonchev–Trinajstić information content (AvgIpc) is 2.82. The minimum Gasteiger partial charge on any atom is -0.399 e. The molecule has 2 aromatic heterocycles. The molecule has 0 fully saturated rings. The van der Waals surface area contributed by atoms with Gasteiger partial charge in [-0.2, -0.15) is 0 Å². The van der Waals surface area contributed by atoms with E-state index in [0.29, 0.717) is 16.9 Å². The van der Waals surface area contributed by atoms with Crippen molar-refractivity contribution in [1.82, 2.24) is 4.40 Å². The van der Waals surface area contributed by atoms with Gasteiger partial charge in [-0.05, 0) is 36.4 Å². The molecule has 18 heavy (non-hydrogen) atoms. The first-order valence-corrected chi connectivity index (χ1v) is 5.72. The van der Waals surface area contributed by atoms with Crippen LogP contribution in [0, 0.1) is 0 Å². The summed E-state index contributed by atoms with van der Waals surface area (Å²) in [6.45, 7) is 0. The molecule has 3 rings (SSSR count). The van der Waals surface area contributed by atoms with Gasteiger partial charge in [0.25, 0.3) is 0 Å². The van der Waals surface area contributed by atoms with Crippen LogP contribution in [0.25, 0.3) is 5.52 Å². The molecule has 2 heterocycles. The van der Waals surface area contributed by atoms with Gasteiger partial charge >= 0.3 is 0 Å². The molecule has 0 atom stereocenters. The van der Waals surface area contributed by atoms with Crippen molar-refractivity contribution in [3.8, 4) is 0 Å². The molecule has 2 N–H and O–H groups in total. The van der Waals surface area contributed by atoms with Crippen molar-refractivity contribution >= 4 is 17.0 Å². The fourth-order valence-corrected chi connectivity index (χ4v) is 2.07. The predicted octanol–water partition coefficient (Wildman–Crippen LogP) is 2.75. The van der Waals surface area contributed by atoms with Crippen LogP contribution in [-0.4, -0.2) is 10.2 Å². The molecular formula is C15H12N2O. The summed E-state index contributed by atoms with van der Waals surface area (Å²) in [6, 6.07) is 16.6. The Morgan fingerprint density at radius 2 is 1.89 bits per heavy atom. The smallest absolute Gasteiger partial charge is 0.209 e. The Labute approximate surface area is 104 Å². The van der Waals surface area contributed by atoms with Gasteiger partial charge in [0.2, 0.25) is 5.78 Å². The summed E-state index contributed by atoms with van der Waals surface area (Å²) in [6.07, 6.45) is 1.88. The van der Waals surface area contributed by atoms with Gasteiger partial charge in [0.15, 0.2) is 0 Å². The van der Waals surface area contributed by atoms with Gasteiger partial charge in [0.05, 0.1) is 5.69 Å². The number of nitrogens with two attached hydrogens (primary N) is 1. The van der Waals surface area contributed by atoms with E-state index in [9.17, 15) is 4.79 Å². The van der Waals surface area contributed by atoms with Crippen LogP contribution in [0.2, 0.25) is 0 Å². The number of fused-ring (bicyclic) bond motifs is 1. The van der Waals surface area contributed by atoms with Crippen LogP contribution >= 0.6 is 0 Å². The Balaban J connectivity index is 2.12. The molecule has 0 aliphatic carbocycles.